The maximum atomic E-state index is 12.4. The van der Waals surface area contributed by atoms with E-state index in [0.29, 0.717) is 6.54 Å². The summed E-state index contributed by atoms with van der Waals surface area (Å²) in [5, 5.41) is 2.91. The summed E-state index contributed by atoms with van der Waals surface area (Å²) in [6.07, 6.45) is 2.94. The first-order chi connectivity index (χ1) is 14.7. The Balaban J connectivity index is 1.35. The molecule has 0 atom stereocenters. The van der Waals surface area contributed by atoms with Gasteiger partial charge in [-0.2, -0.15) is 0 Å². The van der Waals surface area contributed by atoms with Gasteiger partial charge in [0.15, 0.2) is 11.5 Å². The van der Waals surface area contributed by atoms with Crippen LogP contribution >= 0.6 is 0 Å². The maximum Gasteiger partial charge on any atom is 0.273 e. The molecular formula is C23H26N6O. The number of rotatable bonds is 6. The smallest absolute Gasteiger partial charge is 0.273 e. The van der Waals surface area contributed by atoms with E-state index in [1.54, 1.807) is 0 Å². The minimum atomic E-state index is -0.313. The summed E-state index contributed by atoms with van der Waals surface area (Å²) in [4.78, 5) is 25.2. The molecule has 0 unspecified atom stereocenters. The van der Waals surface area contributed by atoms with Crippen LogP contribution < -0.4 is 16.0 Å². The van der Waals surface area contributed by atoms with Crippen molar-refractivity contribution in [2.75, 3.05) is 36.8 Å². The van der Waals surface area contributed by atoms with Gasteiger partial charge in [-0.05, 0) is 23.3 Å². The van der Waals surface area contributed by atoms with E-state index in [0.717, 1.165) is 38.3 Å². The first-order valence-corrected chi connectivity index (χ1v) is 10.1. The van der Waals surface area contributed by atoms with E-state index >= 15 is 0 Å². The highest BCUT2D eigenvalue weighted by atomic mass is 16.1. The molecule has 4 rings (SSSR count). The lowest BCUT2D eigenvalue weighted by Crippen LogP contribution is -2.46. The minimum absolute atomic E-state index is 0.138. The molecule has 1 amide bonds. The Kier molecular flexibility index (Phi) is 6.20. The van der Waals surface area contributed by atoms with E-state index in [-0.39, 0.29) is 17.4 Å². The van der Waals surface area contributed by atoms with E-state index in [9.17, 15) is 4.79 Å². The van der Waals surface area contributed by atoms with Crippen molar-refractivity contribution in [3.8, 4) is 0 Å². The van der Waals surface area contributed by atoms with Crippen molar-refractivity contribution in [2.45, 2.75) is 13.1 Å². The summed E-state index contributed by atoms with van der Waals surface area (Å²) in [5.41, 5.74) is 9.51. The van der Waals surface area contributed by atoms with Crippen molar-refractivity contribution in [3.05, 3.63) is 83.8 Å². The monoisotopic (exact) mass is 402 g/mol. The molecule has 1 fully saturated rings. The van der Waals surface area contributed by atoms with Crippen molar-refractivity contribution >= 4 is 17.4 Å². The van der Waals surface area contributed by atoms with Crippen LogP contribution in [0.3, 0.4) is 0 Å². The summed E-state index contributed by atoms with van der Waals surface area (Å²) < 4.78 is 0. The van der Waals surface area contributed by atoms with Crippen molar-refractivity contribution in [2.24, 2.45) is 0 Å². The van der Waals surface area contributed by atoms with Gasteiger partial charge in [-0.15, -0.1) is 0 Å². The van der Waals surface area contributed by atoms with Crippen LogP contribution in [-0.2, 0) is 13.1 Å². The molecule has 7 nitrogen and oxygen atoms in total. The summed E-state index contributed by atoms with van der Waals surface area (Å²) >= 11 is 0. The highest BCUT2D eigenvalue weighted by Gasteiger charge is 2.18. The van der Waals surface area contributed by atoms with Crippen LogP contribution in [-0.4, -0.2) is 47.0 Å². The molecular weight excluding hydrogens is 376 g/mol. The van der Waals surface area contributed by atoms with Gasteiger partial charge in [0, 0.05) is 57.3 Å². The Bertz CT molecular complexity index is 986. The zero-order valence-corrected chi connectivity index (χ0v) is 16.9. The molecule has 0 spiro atoms. The molecule has 3 aromatic rings. The van der Waals surface area contributed by atoms with Crippen LogP contribution in [0.15, 0.2) is 67.0 Å². The number of carbonyl (C=O) groups is 1. The molecule has 3 N–H and O–H groups in total. The molecule has 0 saturated carbocycles. The van der Waals surface area contributed by atoms with E-state index in [1.165, 1.54) is 23.6 Å². The van der Waals surface area contributed by atoms with Gasteiger partial charge in [-0.3, -0.25) is 9.69 Å². The lowest BCUT2D eigenvalue weighted by Gasteiger charge is -2.36. The zero-order chi connectivity index (χ0) is 20.8. The molecule has 1 aromatic heterocycles. The normalized spacial score (nSPS) is 14.5. The van der Waals surface area contributed by atoms with Crippen molar-refractivity contribution in [1.29, 1.82) is 0 Å². The Morgan fingerprint density at radius 1 is 0.900 bits per heavy atom. The zero-order valence-electron chi connectivity index (χ0n) is 16.9. The molecule has 1 aliphatic heterocycles. The quantitative estimate of drug-likeness (QED) is 0.658. The fourth-order valence-corrected chi connectivity index (χ4v) is 3.71. The fraction of sp³-hybridized carbons (Fsp3) is 0.261. The standard InChI is InChI=1S/C23H26N6O/c24-22-21(25-10-11-26-22)23(30)27-16-18-6-4-5-7-19(18)17-28-12-14-29(15-13-28)20-8-2-1-3-9-20/h1-11H,12-17H2,(H2,24,26)(H,27,30). The van der Waals surface area contributed by atoms with Crippen LogP contribution in [0, 0.1) is 0 Å². The average molecular weight is 403 g/mol. The number of nitrogen functional groups attached to an aromatic ring is 1. The second-order valence-corrected chi connectivity index (χ2v) is 7.34. The van der Waals surface area contributed by atoms with E-state index in [1.807, 2.05) is 18.2 Å². The number of para-hydroxylation sites is 1. The summed E-state index contributed by atoms with van der Waals surface area (Å²) in [5.74, 6) is -0.175. The lowest BCUT2D eigenvalue weighted by atomic mass is 10.1. The molecule has 154 valence electrons. The van der Waals surface area contributed by atoms with Gasteiger partial charge >= 0.3 is 0 Å². The number of benzene rings is 2. The topological polar surface area (TPSA) is 87.4 Å². The SMILES string of the molecule is Nc1nccnc1C(=O)NCc1ccccc1CN1CCN(c2ccccc2)CC1. The molecule has 1 saturated heterocycles. The highest BCUT2D eigenvalue weighted by molar-refractivity contribution is 5.96. The number of hydrogen-bond acceptors (Lipinski definition) is 6. The third-order valence-corrected chi connectivity index (χ3v) is 5.39. The van der Waals surface area contributed by atoms with Gasteiger partial charge in [0.05, 0.1) is 0 Å². The third kappa shape index (κ3) is 4.75. The Hall–Kier alpha value is -3.45. The van der Waals surface area contributed by atoms with Crippen LogP contribution in [0.5, 0.6) is 0 Å². The number of carbonyl (C=O) groups excluding carboxylic acids is 1. The number of piperazine rings is 1. The van der Waals surface area contributed by atoms with Gasteiger partial charge < -0.3 is 16.0 Å². The highest BCUT2D eigenvalue weighted by Crippen LogP contribution is 2.18. The molecule has 2 aromatic carbocycles. The first kappa shape index (κ1) is 19.8. The Morgan fingerprint density at radius 3 is 2.30 bits per heavy atom. The first-order valence-electron chi connectivity index (χ1n) is 10.1. The predicted molar refractivity (Wildman–Crippen MR) is 118 cm³/mol. The van der Waals surface area contributed by atoms with Crippen LogP contribution in [0.2, 0.25) is 0 Å². The summed E-state index contributed by atoms with van der Waals surface area (Å²) in [6, 6.07) is 18.8. The lowest BCUT2D eigenvalue weighted by molar-refractivity contribution is 0.0946. The number of hydrogen-bond donors (Lipinski definition) is 2. The van der Waals surface area contributed by atoms with Crippen LogP contribution in [0.1, 0.15) is 21.6 Å². The molecule has 2 heterocycles. The van der Waals surface area contributed by atoms with Gasteiger partial charge in [-0.1, -0.05) is 42.5 Å². The average Bonchev–Trinajstić information content (AvgIpc) is 2.80. The number of nitrogens with zero attached hydrogens (tertiary/aromatic N) is 4. The molecule has 7 heteroatoms. The van der Waals surface area contributed by atoms with E-state index < -0.39 is 0 Å². The van der Waals surface area contributed by atoms with Crippen molar-refractivity contribution in [3.63, 3.8) is 0 Å². The fourth-order valence-electron chi connectivity index (χ4n) is 3.71. The van der Waals surface area contributed by atoms with Crippen LogP contribution in [0.25, 0.3) is 0 Å². The molecule has 30 heavy (non-hydrogen) atoms. The second kappa shape index (κ2) is 9.37. The second-order valence-electron chi connectivity index (χ2n) is 7.34. The number of nitrogens with two attached hydrogens (primary N) is 1. The number of anilines is 2. The molecule has 0 bridgehead atoms. The van der Waals surface area contributed by atoms with E-state index in [4.69, 9.17) is 5.73 Å². The Morgan fingerprint density at radius 2 is 1.57 bits per heavy atom. The molecule has 0 aliphatic carbocycles. The van der Waals surface area contributed by atoms with Gasteiger partial charge in [0.2, 0.25) is 0 Å². The third-order valence-electron chi connectivity index (χ3n) is 5.39. The predicted octanol–water partition coefficient (Wildman–Crippen LogP) is 2.31. The largest absolute Gasteiger partial charge is 0.382 e. The molecule has 1 aliphatic rings. The number of aromatic nitrogens is 2. The van der Waals surface area contributed by atoms with Crippen molar-refractivity contribution in [1.82, 2.24) is 20.2 Å². The number of nitrogens with one attached hydrogen (secondary N) is 1. The van der Waals surface area contributed by atoms with Gasteiger partial charge in [-0.25, -0.2) is 9.97 Å². The maximum absolute atomic E-state index is 12.4. The molecule has 0 radical (unpaired) electrons. The summed E-state index contributed by atoms with van der Waals surface area (Å²) in [6.45, 7) is 5.32. The van der Waals surface area contributed by atoms with Crippen molar-refractivity contribution < 1.29 is 4.79 Å². The van der Waals surface area contributed by atoms with E-state index in [2.05, 4.69) is 61.5 Å². The van der Waals surface area contributed by atoms with Gasteiger partial charge in [0.25, 0.3) is 5.91 Å². The van der Waals surface area contributed by atoms with Gasteiger partial charge in [0.1, 0.15) is 0 Å². The number of amides is 1. The summed E-state index contributed by atoms with van der Waals surface area (Å²) in [7, 11) is 0. The minimum Gasteiger partial charge on any atom is -0.382 e. The Labute approximate surface area is 176 Å². The van der Waals surface area contributed by atoms with Crippen LogP contribution in [0.4, 0.5) is 11.5 Å².